The van der Waals surface area contributed by atoms with Crippen molar-refractivity contribution in [2.24, 2.45) is 0 Å². The van der Waals surface area contributed by atoms with Crippen LogP contribution in [0, 0.1) is 13.8 Å². The zero-order valence-electron chi connectivity index (χ0n) is 14.2. The first-order chi connectivity index (χ1) is 11.0. The van der Waals surface area contributed by atoms with Crippen molar-refractivity contribution >= 4 is 11.6 Å². The molecule has 0 aromatic heterocycles. The molecule has 0 aliphatic rings. The van der Waals surface area contributed by atoms with Crippen LogP contribution >= 0.6 is 0 Å². The van der Waals surface area contributed by atoms with Gasteiger partial charge in [-0.3, -0.25) is 9.69 Å². The van der Waals surface area contributed by atoms with E-state index in [0.29, 0.717) is 13.1 Å². The maximum Gasteiger partial charge on any atom is 0.238 e. The van der Waals surface area contributed by atoms with Crippen LogP contribution in [-0.4, -0.2) is 31.5 Å². The fourth-order valence-electron chi connectivity index (χ4n) is 2.53. The van der Waals surface area contributed by atoms with Crippen molar-refractivity contribution < 1.29 is 9.53 Å². The van der Waals surface area contributed by atoms with Gasteiger partial charge in [0.15, 0.2) is 0 Å². The number of aryl methyl sites for hydroxylation is 2. The molecule has 0 fully saturated rings. The topological polar surface area (TPSA) is 41.6 Å². The average molecular weight is 312 g/mol. The highest BCUT2D eigenvalue weighted by molar-refractivity contribution is 5.92. The summed E-state index contributed by atoms with van der Waals surface area (Å²) in [4.78, 5) is 14.2. The van der Waals surface area contributed by atoms with E-state index in [1.165, 1.54) is 5.56 Å². The van der Waals surface area contributed by atoms with Crippen molar-refractivity contribution in [2.75, 3.05) is 26.0 Å². The van der Waals surface area contributed by atoms with Gasteiger partial charge in [0, 0.05) is 17.8 Å². The Morgan fingerprint density at radius 3 is 2.61 bits per heavy atom. The largest absolute Gasteiger partial charge is 0.496 e. The highest BCUT2D eigenvalue weighted by Gasteiger charge is 2.11. The first-order valence-electron chi connectivity index (χ1n) is 7.67. The minimum atomic E-state index is -0.0200. The van der Waals surface area contributed by atoms with E-state index in [1.54, 1.807) is 7.11 Å². The number of likely N-dealkylation sites (N-methyl/N-ethyl adjacent to an activating group) is 1. The first-order valence-corrected chi connectivity index (χ1v) is 7.67. The second-order valence-electron chi connectivity index (χ2n) is 5.85. The van der Waals surface area contributed by atoms with Crippen LogP contribution in [0.2, 0.25) is 0 Å². The number of methoxy groups -OCH3 is 1. The van der Waals surface area contributed by atoms with Crippen molar-refractivity contribution in [3.63, 3.8) is 0 Å². The van der Waals surface area contributed by atoms with Crippen molar-refractivity contribution in [1.29, 1.82) is 0 Å². The SMILES string of the molecule is COc1ccc(C)cc1CN(C)CC(=O)Nc1ccccc1C. The molecule has 0 radical (unpaired) electrons. The number of carbonyl (C=O) groups excluding carboxylic acids is 1. The van der Waals surface area contributed by atoms with Crippen LogP contribution in [0.1, 0.15) is 16.7 Å². The maximum absolute atomic E-state index is 12.2. The third-order valence-corrected chi connectivity index (χ3v) is 3.71. The average Bonchev–Trinajstić information content (AvgIpc) is 2.49. The summed E-state index contributed by atoms with van der Waals surface area (Å²) < 4.78 is 5.39. The van der Waals surface area contributed by atoms with Crippen LogP contribution in [-0.2, 0) is 11.3 Å². The van der Waals surface area contributed by atoms with Crippen LogP contribution in [0.15, 0.2) is 42.5 Å². The number of rotatable bonds is 6. The van der Waals surface area contributed by atoms with E-state index < -0.39 is 0 Å². The van der Waals surface area contributed by atoms with Crippen molar-refractivity contribution in [3.05, 3.63) is 59.2 Å². The quantitative estimate of drug-likeness (QED) is 0.889. The van der Waals surface area contributed by atoms with Gasteiger partial charge in [-0.1, -0.05) is 35.9 Å². The molecule has 0 saturated heterocycles. The zero-order valence-corrected chi connectivity index (χ0v) is 14.2. The van der Waals surface area contributed by atoms with Crippen LogP contribution in [0.5, 0.6) is 5.75 Å². The van der Waals surface area contributed by atoms with Gasteiger partial charge in [0.1, 0.15) is 5.75 Å². The molecule has 2 rings (SSSR count). The number of nitrogens with zero attached hydrogens (tertiary/aromatic N) is 1. The monoisotopic (exact) mass is 312 g/mol. The minimum Gasteiger partial charge on any atom is -0.496 e. The van der Waals surface area contributed by atoms with Crippen LogP contribution < -0.4 is 10.1 Å². The molecule has 23 heavy (non-hydrogen) atoms. The Balaban J connectivity index is 1.97. The number of nitrogens with one attached hydrogen (secondary N) is 1. The zero-order chi connectivity index (χ0) is 16.8. The molecule has 0 unspecified atom stereocenters. The van der Waals surface area contributed by atoms with Gasteiger partial charge in [0.2, 0.25) is 5.91 Å². The number of anilines is 1. The summed E-state index contributed by atoms with van der Waals surface area (Å²) >= 11 is 0. The van der Waals surface area contributed by atoms with Crippen molar-refractivity contribution in [2.45, 2.75) is 20.4 Å². The van der Waals surface area contributed by atoms with Gasteiger partial charge < -0.3 is 10.1 Å². The second-order valence-corrected chi connectivity index (χ2v) is 5.85. The molecule has 122 valence electrons. The first kappa shape index (κ1) is 17.0. The van der Waals surface area contributed by atoms with Crippen molar-refractivity contribution in [3.8, 4) is 5.75 Å². The number of amides is 1. The normalized spacial score (nSPS) is 10.7. The van der Waals surface area contributed by atoms with E-state index in [2.05, 4.69) is 11.4 Å². The van der Waals surface area contributed by atoms with E-state index in [4.69, 9.17) is 4.74 Å². The maximum atomic E-state index is 12.2. The Bertz CT molecular complexity index is 683. The minimum absolute atomic E-state index is 0.0200. The molecule has 0 spiro atoms. The Morgan fingerprint density at radius 2 is 1.91 bits per heavy atom. The third kappa shape index (κ3) is 4.83. The lowest BCUT2D eigenvalue weighted by Gasteiger charge is -2.19. The lowest BCUT2D eigenvalue weighted by atomic mass is 10.1. The molecule has 0 heterocycles. The van der Waals surface area contributed by atoms with Crippen LogP contribution in [0.3, 0.4) is 0 Å². The molecule has 4 nitrogen and oxygen atoms in total. The lowest BCUT2D eigenvalue weighted by Crippen LogP contribution is -2.30. The molecular formula is C19H24N2O2. The molecule has 0 saturated carbocycles. The van der Waals surface area contributed by atoms with Crippen molar-refractivity contribution in [1.82, 2.24) is 4.90 Å². The highest BCUT2D eigenvalue weighted by atomic mass is 16.5. The Hall–Kier alpha value is -2.33. The highest BCUT2D eigenvalue weighted by Crippen LogP contribution is 2.21. The van der Waals surface area contributed by atoms with Gasteiger partial charge in [-0.05, 0) is 38.6 Å². The number of para-hydroxylation sites is 1. The molecule has 0 aliphatic heterocycles. The third-order valence-electron chi connectivity index (χ3n) is 3.71. The summed E-state index contributed by atoms with van der Waals surface area (Å²) in [6, 6.07) is 13.9. The van der Waals surface area contributed by atoms with Gasteiger partial charge in [-0.25, -0.2) is 0 Å². The lowest BCUT2D eigenvalue weighted by molar-refractivity contribution is -0.117. The number of hydrogen-bond acceptors (Lipinski definition) is 3. The standard InChI is InChI=1S/C19H24N2O2/c1-14-9-10-18(23-4)16(11-14)12-21(3)13-19(22)20-17-8-6-5-7-15(17)2/h5-11H,12-13H2,1-4H3,(H,20,22). The molecule has 1 N–H and O–H groups in total. The molecule has 2 aromatic carbocycles. The van der Waals surface area contributed by atoms with E-state index in [1.807, 2.05) is 62.2 Å². The predicted molar refractivity (Wildman–Crippen MR) is 93.9 cm³/mol. The Kier molecular flexibility index (Phi) is 5.77. The molecule has 1 amide bonds. The summed E-state index contributed by atoms with van der Waals surface area (Å²) in [5.41, 5.74) is 4.18. The summed E-state index contributed by atoms with van der Waals surface area (Å²) in [6.07, 6.45) is 0. The Morgan fingerprint density at radius 1 is 1.17 bits per heavy atom. The van der Waals surface area contributed by atoms with Gasteiger partial charge in [-0.2, -0.15) is 0 Å². The molecule has 0 aliphatic carbocycles. The van der Waals surface area contributed by atoms with E-state index in [-0.39, 0.29) is 5.91 Å². The van der Waals surface area contributed by atoms with Crippen LogP contribution in [0.25, 0.3) is 0 Å². The van der Waals surface area contributed by atoms with Gasteiger partial charge >= 0.3 is 0 Å². The fraction of sp³-hybridized carbons (Fsp3) is 0.316. The molecule has 4 heteroatoms. The fourth-order valence-corrected chi connectivity index (χ4v) is 2.53. The van der Waals surface area contributed by atoms with Gasteiger partial charge in [-0.15, -0.1) is 0 Å². The summed E-state index contributed by atoms with van der Waals surface area (Å²) in [7, 11) is 3.60. The Labute approximate surface area is 138 Å². The van der Waals surface area contributed by atoms with E-state index in [0.717, 1.165) is 22.6 Å². The summed E-state index contributed by atoms with van der Waals surface area (Å²) in [5.74, 6) is 0.829. The number of benzene rings is 2. The number of ether oxygens (including phenoxy) is 1. The summed E-state index contributed by atoms with van der Waals surface area (Å²) in [6.45, 7) is 5.02. The van der Waals surface area contributed by atoms with E-state index >= 15 is 0 Å². The second kappa shape index (κ2) is 7.79. The van der Waals surface area contributed by atoms with Crippen LogP contribution in [0.4, 0.5) is 5.69 Å². The smallest absolute Gasteiger partial charge is 0.238 e. The molecule has 0 atom stereocenters. The van der Waals surface area contributed by atoms with Gasteiger partial charge in [0.05, 0.1) is 13.7 Å². The van der Waals surface area contributed by atoms with E-state index in [9.17, 15) is 4.79 Å². The predicted octanol–water partition coefficient (Wildman–Crippen LogP) is 3.38. The van der Waals surface area contributed by atoms with Gasteiger partial charge in [0.25, 0.3) is 0 Å². The molecule has 0 bridgehead atoms. The number of carbonyl (C=O) groups is 1. The number of hydrogen-bond donors (Lipinski definition) is 1. The molecule has 2 aromatic rings. The summed E-state index contributed by atoms with van der Waals surface area (Å²) in [5, 5.41) is 2.96. The molecular weight excluding hydrogens is 288 g/mol.